The number of carbonyl (C=O) groups is 1. The molecular formula is C24H44O6. The van der Waals surface area contributed by atoms with Crippen LogP contribution in [0.25, 0.3) is 0 Å². The Morgan fingerprint density at radius 1 is 0.867 bits per heavy atom. The largest absolute Gasteiger partial charge is 0.463 e. The smallest absolute Gasteiger partial charge is 0.305 e. The Labute approximate surface area is 182 Å². The molecule has 1 rings (SSSR count). The minimum absolute atomic E-state index is 0.0747. The van der Waals surface area contributed by atoms with Crippen molar-refractivity contribution in [3.05, 3.63) is 12.2 Å². The number of unbranched alkanes of at least 4 members (excludes halogenated alkanes) is 11. The minimum atomic E-state index is -1.27. The van der Waals surface area contributed by atoms with Crippen LogP contribution in [0.15, 0.2) is 12.2 Å². The van der Waals surface area contributed by atoms with E-state index >= 15 is 0 Å². The number of carbonyl (C=O) groups excluding carboxylic acids is 1. The van der Waals surface area contributed by atoms with Crippen LogP contribution in [0.2, 0.25) is 0 Å². The van der Waals surface area contributed by atoms with Crippen LogP contribution in [0.1, 0.15) is 96.8 Å². The van der Waals surface area contributed by atoms with Crippen molar-refractivity contribution in [2.45, 2.75) is 121 Å². The Hall–Kier alpha value is -0.950. The maximum absolute atomic E-state index is 11.8. The summed E-state index contributed by atoms with van der Waals surface area (Å²) in [6.07, 6.45) is 16.3. The Bertz CT molecular complexity index is 453. The summed E-state index contributed by atoms with van der Waals surface area (Å²) in [5.41, 5.74) is 0. The zero-order chi connectivity index (χ0) is 22.0. The van der Waals surface area contributed by atoms with E-state index in [9.17, 15) is 20.1 Å². The Kier molecular flexibility index (Phi) is 16.0. The highest BCUT2D eigenvalue weighted by molar-refractivity contribution is 5.69. The van der Waals surface area contributed by atoms with Crippen LogP contribution in [-0.2, 0) is 14.3 Å². The van der Waals surface area contributed by atoms with Crippen molar-refractivity contribution in [2.75, 3.05) is 13.2 Å². The highest BCUT2D eigenvalue weighted by Crippen LogP contribution is 2.16. The van der Waals surface area contributed by atoms with Crippen molar-refractivity contribution in [2.24, 2.45) is 0 Å². The molecule has 176 valence electrons. The van der Waals surface area contributed by atoms with Gasteiger partial charge in [-0.3, -0.25) is 4.79 Å². The molecule has 0 aromatic rings. The van der Waals surface area contributed by atoms with Gasteiger partial charge in [0.05, 0.1) is 6.61 Å². The second-order valence-electron chi connectivity index (χ2n) is 8.44. The molecule has 1 heterocycles. The maximum atomic E-state index is 11.8. The van der Waals surface area contributed by atoms with Gasteiger partial charge in [0.25, 0.3) is 0 Å². The SMILES string of the molecule is CCCCCCCC/C=C\CCCCCCCC(=O)OC[C@@H]1OC[C@@H](O)[C@H](O)[C@H]1O. The van der Waals surface area contributed by atoms with E-state index in [-0.39, 0.29) is 19.2 Å². The maximum Gasteiger partial charge on any atom is 0.305 e. The first kappa shape index (κ1) is 27.1. The molecule has 0 aromatic heterocycles. The zero-order valence-electron chi connectivity index (χ0n) is 18.8. The predicted octanol–water partition coefficient (Wildman–Crippen LogP) is 4.05. The van der Waals surface area contributed by atoms with Crippen LogP contribution >= 0.6 is 0 Å². The van der Waals surface area contributed by atoms with Gasteiger partial charge in [0.15, 0.2) is 0 Å². The third-order valence-electron chi connectivity index (χ3n) is 5.66. The van der Waals surface area contributed by atoms with Crippen LogP contribution in [0.4, 0.5) is 0 Å². The van der Waals surface area contributed by atoms with Gasteiger partial charge in [0.1, 0.15) is 31.0 Å². The summed E-state index contributed by atoms with van der Waals surface area (Å²) in [6.45, 7) is 2.07. The Balaban J connectivity index is 1.88. The predicted molar refractivity (Wildman–Crippen MR) is 118 cm³/mol. The van der Waals surface area contributed by atoms with E-state index < -0.39 is 24.4 Å². The van der Waals surface area contributed by atoms with Crippen LogP contribution in [0.5, 0.6) is 0 Å². The summed E-state index contributed by atoms with van der Waals surface area (Å²) in [5.74, 6) is -0.316. The fraction of sp³-hybridized carbons (Fsp3) is 0.875. The lowest BCUT2D eigenvalue weighted by atomic mass is 10.0. The minimum Gasteiger partial charge on any atom is -0.463 e. The average Bonchev–Trinajstić information content (AvgIpc) is 2.74. The zero-order valence-corrected chi connectivity index (χ0v) is 18.8. The fourth-order valence-corrected chi connectivity index (χ4v) is 3.60. The van der Waals surface area contributed by atoms with Gasteiger partial charge < -0.3 is 24.8 Å². The van der Waals surface area contributed by atoms with Crippen molar-refractivity contribution in [1.82, 2.24) is 0 Å². The van der Waals surface area contributed by atoms with Crippen LogP contribution in [-0.4, -0.2) is 58.9 Å². The van der Waals surface area contributed by atoms with E-state index in [1.807, 2.05) is 0 Å². The molecule has 1 aliphatic rings. The molecule has 0 bridgehead atoms. The normalized spacial score (nSPS) is 24.4. The van der Waals surface area contributed by atoms with Crippen LogP contribution < -0.4 is 0 Å². The highest BCUT2D eigenvalue weighted by atomic mass is 16.6. The van der Waals surface area contributed by atoms with Crippen LogP contribution in [0.3, 0.4) is 0 Å². The summed E-state index contributed by atoms with van der Waals surface area (Å²) in [7, 11) is 0. The lowest BCUT2D eigenvalue weighted by Gasteiger charge is -2.34. The first-order chi connectivity index (χ1) is 14.6. The molecule has 0 spiro atoms. The lowest BCUT2D eigenvalue weighted by Crippen LogP contribution is -2.54. The van der Waals surface area contributed by atoms with Gasteiger partial charge in [0.2, 0.25) is 0 Å². The van der Waals surface area contributed by atoms with E-state index in [0.717, 1.165) is 25.7 Å². The quantitative estimate of drug-likeness (QED) is 0.184. The van der Waals surface area contributed by atoms with Gasteiger partial charge in [-0.15, -0.1) is 0 Å². The molecule has 0 radical (unpaired) electrons. The summed E-state index contributed by atoms with van der Waals surface area (Å²) in [5, 5.41) is 28.8. The molecule has 0 aliphatic carbocycles. The molecule has 1 aliphatic heterocycles. The first-order valence-corrected chi connectivity index (χ1v) is 12.0. The van der Waals surface area contributed by atoms with Crippen molar-refractivity contribution < 1.29 is 29.6 Å². The second-order valence-corrected chi connectivity index (χ2v) is 8.44. The summed E-state index contributed by atoms with van der Waals surface area (Å²) in [4.78, 5) is 11.8. The van der Waals surface area contributed by atoms with E-state index in [0.29, 0.717) is 6.42 Å². The van der Waals surface area contributed by atoms with Crippen molar-refractivity contribution in [3.8, 4) is 0 Å². The topological polar surface area (TPSA) is 96.2 Å². The van der Waals surface area contributed by atoms with E-state index in [2.05, 4.69) is 19.1 Å². The van der Waals surface area contributed by atoms with E-state index in [4.69, 9.17) is 9.47 Å². The first-order valence-electron chi connectivity index (χ1n) is 12.0. The molecule has 6 heteroatoms. The highest BCUT2D eigenvalue weighted by Gasteiger charge is 2.38. The van der Waals surface area contributed by atoms with Gasteiger partial charge in [-0.2, -0.15) is 0 Å². The van der Waals surface area contributed by atoms with Gasteiger partial charge in [-0.25, -0.2) is 0 Å². The van der Waals surface area contributed by atoms with Crippen LogP contribution in [0, 0.1) is 0 Å². The Morgan fingerprint density at radius 2 is 1.43 bits per heavy atom. The molecule has 0 saturated carbocycles. The van der Waals surface area contributed by atoms with Crippen molar-refractivity contribution in [1.29, 1.82) is 0 Å². The number of ether oxygens (including phenoxy) is 2. The van der Waals surface area contributed by atoms with E-state index in [1.54, 1.807) is 0 Å². The molecular weight excluding hydrogens is 384 g/mol. The molecule has 4 atom stereocenters. The molecule has 0 aromatic carbocycles. The number of aliphatic hydroxyl groups excluding tert-OH is 3. The summed E-state index contributed by atoms with van der Waals surface area (Å²) < 4.78 is 10.3. The number of hydrogen-bond acceptors (Lipinski definition) is 6. The second kappa shape index (κ2) is 17.7. The third kappa shape index (κ3) is 12.7. The molecule has 3 N–H and O–H groups in total. The van der Waals surface area contributed by atoms with Crippen molar-refractivity contribution >= 4 is 5.97 Å². The Morgan fingerprint density at radius 3 is 2.07 bits per heavy atom. The fourth-order valence-electron chi connectivity index (χ4n) is 3.60. The average molecular weight is 429 g/mol. The summed E-state index contributed by atoms with van der Waals surface area (Å²) in [6, 6.07) is 0. The van der Waals surface area contributed by atoms with Crippen molar-refractivity contribution in [3.63, 3.8) is 0 Å². The molecule has 30 heavy (non-hydrogen) atoms. The monoisotopic (exact) mass is 428 g/mol. The van der Waals surface area contributed by atoms with Gasteiger partial charge in [0, 0.05) is 6.42 Å². The number of hydrogen-bond donors (Lipinski definition) is 3. The molecule has 6 nitrogen and oxygen atoms in total. The van der Waals surface area contributed by atoms with Gasteiger partial charge in [-0.05, 0) is 32.1 Å². The molecule has 0 unspecified atom stereocenters. The van der Waals surface area contributed by atoms with Gasteiger partial charge >= 0.3 is 5.97 Å². The third-order valence-corrected chi connectivity index (χ3v) is 5.66. The lowest BCUT2D eigenvalue weighted by molar-refractivity contribution is -0.201. The van der Waals surface area contributed by atoms with E-state index in [1.165, 1.54) is 57.8 Å². The molecule has 1 fully saturated rings. The molecule has 0 amide bonds. The number of rotatable bonds is 17. The number of aliphatic hydroxyl groups is 3. The van der Waals surface area contributed by atoms with Gasteiger partial charge in [-0.1, -0.05) is 70.4 Å². The summed E-state index contributed by atoms with van der Waals surface area (Å²) >= 11 is 0. The molecule has 1 saturated heterocycles. The standard InChI is InChI=1S/C24H44O6/c1-2-3-4-5-6-7-8-9-10-11-12-13-14-15-16-17-22(26)30-19-21-24(28)23(27)20(25)18-29-21/h9-10,20-21,23-25,27-28H,2-8,11-19H2,1H3/b10-9-/t20-,21+,23+,24+/m1/s1. The number of allylic oxidation sites excluding steroid dienone is 2. The number of esters is 1.